The first-order valence-corrected chi connectivity index (χ1v) is 13.2. The minimum atomic E-state index is -0.666. The number of alkyl carbamates (subject to hydrolysis) is 1. The van der Waals surface area contributed by atoms with Gasteiger partial charge in [0, 0.05) is 27.2 Å². The molecule has 2 saturated heterocycles. The highest BCUT2D eigenvalue weighted by Gasteiger charge is 2.72. The number of nitrogens with one attached hydrogen (secondary N) is 1. The van der Waals surface area contributed by atoms with Gasteiger partial charge in [-0.05, 0) is 60.0 Å². The molecule has 0 aromatic rings. The number of hydrogen-bond donors (Lipinski definition) is 1. The number of rotatable bonds is 11. The highest BCUT2D eigenvalue weighted by atomic mass is 16.6. The molecule has 1 spiro atoms. The second-order valence-corrected chi connectivity index (χ2v) is 11.8. The Labute approximate surface area is 216 Å². The Morgan fingerprint density at radius 1 is 1.19 bits per heavy atom. The van der Waals surface area contributed by atoms with Crippen LogP contribution in [0.3, 0.4) is 0 Å². The number of epoxide rings is 2. The van der Waals surface area contributed by atoms with E-state index in [-0.39, 0.29) is 35.6 Å². The minimum absolute atomic E-state index is 0.0446. The number of carbonyl (C=O) groups is 2. The van der Waals surface area contributed by atoms with Gasteiger partial charge >= 0.3 is 6.09 Å². The molecule has 0 aromatic carbocycles. The fourth-order valence-electron chi connectivity index (χ4n) is 5.58. The molecule has 9 nitrogen and oxygen atoms in total. The standard InChI is InChI=1S/C27H47N3O6/c1-17(2)10-11-20-26(5,36-20)23-22(33-9)19(12-13-27(23)16-34-27)35-25(32)28-21(18(3)4)24(31)30(8)15-14-29(6)7/h10,18-23H,11-16H2,1-9H3,(H,28,32)/t19-,20-,21-,22-,23-,26-,27+/m1/s1. The molecule has 1 aliphatic carbocycles. The van der Waals surface area contributed by atoms with Crippen LogP contribution in [0, 0.1) is 11.8 Å². The van der Waals surface area contributed by atoms with Crippen molar-refractivity contribution in [1.82, 2.24) is 15.1 Å². The Morgan fingerprint density at radius 3 is 2.39 bits per heavy atom. The van der Waals surface area contributed by atoms with E-state index in [0.717, 1.165) is 19.4 Å². The maximum atomic E-state index is 13.1. The first-order chi connectivity index (χ1) is 16.8. The predicted molar refractivity (Wildman–Crippen MR) is 138 cm³/mol. The van der Waals surface area contributed by atoms with Gasteiger partial charge in [0.15, 0.2) is 0 Å². The highest BCUT2D eigenvalue weighted by Crippen LogP contribution is 2.59. The van der Waals surface area contributed by atoms with Crippen LogP contribution in [-0.2, 0) is 23.7 Å². The minimum Gasteiger partial charge on any atom is -0.443 e. The second-order valence-electron chi connectivity index (χ2n) is 11.8. The van der Waals surface area contributed by atoms with Gasteiger partial charge in [-0.3, -0.25) is 4.79 Å². The van der Waals surface area contributed by atoms with Crippen molar-refractivity contribution in [3.05, 3.63) is 11.6 Å². The van der Waals surface area contributed by atoms with E-state index >= 15 is 0 Å². The zero-order valence-electron chi connectivity index (χ0n) is 23.6. The quantitative estimate of drug-likeness (QED) is 0.338. The molecule has 0 unspecified atom stereocenters. The Kier molecular flexibility index (Phi) is 9.13. The number of ether oxygens (including phenoxy) is 4. The fraction of sp³-hybridized carbons (Fsp3) is 0.852. The van der Waals surface area contributed by atoms with Crippen LogP contribution in [0.2, 0.25) is 0 Å². The third-order valence-corrected chi connectivity index (χ3v) is 7.96. The Bertz CT molecular complexity index is 822. The first-order valence-electron chi connectivity index (χ1n) is 13.2. The summed E-state index contributed by atoms with van der Waals surface area (Å²) in [6, 6.07) is -0.666. The van der Waals surface area contributed by atoms with E-state index in [9.17, 15) is 9.59 Å². The van der Waals surface area contributed by atoms with Crippen molar-refractivity contribution in [2.45, 2.75) is 89.4 Å². The van der Waals surface area contributed by atoms with Gasteiger partial charge in [-0.25, -0.2) is 4.79 Å². The molecule has 0 aromatic heterocycles. The summed E-state index contributed by atoms with van der Waals surface area (Å²) in [5.41, 5.74) is 0.584. The molecule has 2 amide bonds. The summed E-state index contributed by atoms with van der Waals surface area (Å²) in [5, 5.41) is 2.83. The number of methoxy groups -OCH3 is 1. The molecule has 36 heavy (non-hydrogen) atoms. The van der Waals surface area contributed by atoms with E-state index in [1.807, 2.05) is 32.8 Å². The van der Waals surface area contributed by atoms with E-state index in [4.69, 9.17) is 18.9 Å². The number of amides is 2. The largest absolute Gasteiger partial charge is 0.443 e. The highest BCUT2D eigenvalue weighted by molar-refractivity contribution is 5.85. The molecule has 3 fully saturated rings. The molecule has 0 bridgehead atoms. The van der Waals surface area contributed by atoms with Crippen LogP contribution in [0.1, 0.15) is 53.9 Å². The van der Waals surface area contributed by atoms with Crippen LogP contribution >= 0.6 is 0 Å². The van der Waals surface area contributed by atoms with Crippen LogP contribution < -0.4 is 5.32 Å². The van der Waals surface area contributed by atoms with Gasteiger partial charge in [-0.2, -0.15) is 0 Å². The maximum Gasteiger partial charge on any atom is 0.408 e. The van der Waals surface area contributed by atoms with E-state index in [1.165, 1.54) is 5.57 Å². The number of allylic oxidation sites excluding steroid dienone is 1. The fourth-order valence-corrected chi connectivity index (χ4v) is 5.58. The average Bonchev–Trinajstić information content (AvgIpc) is 3.72. The van der Waals surface area contributed by atoms with Crippen molar-refractivity contribution in [2.24, 2.45) is 11.8 Å². The van der Waals surface area contributed by atoms with E-state index < -0.39 is 23.8 Å². The van der Waals surface area contributed by atoms with Gasteiger partial charge < -0.3 is 34.1 Å². The topological polar surface area (TPSA) is 96.2 Å². The predicted octanol–water partition coefficient (Wildman–Crippen LogP) is 2.83. The monoisotopic (exact) mass is 509 g/mol. The Hall–Kier alpha value is -1.68. The van der Waals surface area contributed by atoms with Gasteiger partial charge in [0.25, 0.3) is 0 Å². The van der Waals surface area contributed by atoms with Crippen molar-refractivity contribution < 1.29 is 28.5 Å². The van der Waals surface area contributed by atoms with Gasteiger partial charge in [-0.15, -0.1) is 0 Å². The maximum absolute atomic E-state index is 13.1. The summed E-state index contributed by atoms with van der Waals surface area (Å²) >= 11 is 0. The molecule has 2 aliphatic heterocycles. The molecule has 0 radical (unpaired) electrons. The Balaban J connectivity index is 1.67. The van der Waals surface area contributed by atoms with Crippen molar-refractivity contribution in [3.8, 4) is 0 Å². The van der Waals surface area contributed by atoms with E-state index in [2.05, 4.69) is 32.2 Å². The summed E-state index contributed by atoms with van der Waals surface area (Å²) in [5.74, 6) is -0.251. The van der Waals surface area contributed by atoms with E-state index in [0.29, 0.717) is 19.6 Å². The number of hydrogen-bond acceptors (Lipinski definition) is 7. The smallest absolute Gasteiger partial charge is 0.408 e. The van der Waals surface area contributed by atoms with Crippen molar-refractivity contribution in [3.63, 3.8) is 0 Å². The lowest BCUT2D eigenvalue weighted by Crippen LogP contribution is -2.57. The van der Waals surface area contributed by atoms with Gasteiger partial charge in [0.1, 0.15) is 29.5 Å². The zero-order chi connectivity index (χ0) is 26.8. The summed E-state index contributed by atoms with van der Waals surface area (Å²) in [6.45, 7) is 12.1. The summed E-state index contributed by atoms with van der Waals surface area (Å²) < 4.78 is 24.1. The lowest BCUT2D eigenvalue weighted by molar-refractivity contribution is -0.134. The second kappa shape index (κ2) is 11.4. The van der Waals surface area contributed by atoms with Gasteiger partial charge in [0.2, 0.25) is 5.91 Å². The number of nitrogens with zero attached hydrogens (tertiary/aromatic N) is 2. The first kappa shape index (κ1) is 28.9. The summed E-state index contributed by atoms with van der Waals surface area (Å²) in [6.07, 6.45) is 3.14. The lowest BCUT2D eigenvalue weighted by Gasteiger charge is -2.42. The molecule has 2 heterocycles. The van der Waals surface area contributed by atoms with Crippen molar-refractivity contribution in [1.29, 1.82) is 0 Å². The van der Waals surface area contributed by atoms with Crippen LogP contribution in [0.5, 0.6) is 0 Å². The molecular formula is C27H47N3O6. The normalized spacial score (nSPS) is 33.9. The van der Waals surface area contributed by atoms with Crippen LogP contribution in [0.4, 0.5) is 4.79 Å². The van der Waals surface area contributed by atoms with E-state index in [1.54, 1.807) is 19.1 Å². The molecule has 7 atom stereocenters. The molecule has 9 heteroatoms. The third kappa shape index (κ3) is 6.41. The summed E-state index contributed by atoms with van der Waals surface area (Å²) in [4.78, 5) is 29.8. The lowest BCUT2D eigenvalue weighted by atomic mass is 9.68. The van der Waals surface area contributed by atoms with Gasteiger partial charge in [0.05, 0.1) is 18.6 Å². The zero-order valence-corrected chi connectivity index (χ0v) is 23.6. The number of likely N-dealkylation sites (N-methyl/N-ethyl adjacent to an activating group) is 2. The van der Waals surface area contributed by atoms with Crippen LogP contribution in [0.25, 0.3) is 0 Å². The molecular weight excluding hydrogens is 462 g/mol. The SMILES string of the molecule is CO[C@@H]1[C@H](OC(=O)N[C@@H](C(=O)N(C)CCN(C)C)C(C)C)CC[C@]2(CO2)[C@H]1[C@]1(C)O[C@@H]1CC=C(C)C. The van der Waals surface area contributed by atoms with Crippen LogP contribution in [0.15, 0.2) is 11.6 Å². The Morgan fingerprint density at radius 2 is 1.86 bits per heavy atom. The molecule has 3 rings (SSSR count). The van der Waals surface area contributed by atoms with Crippen LogP contribution in [-0.4, -0.2) is 105 Å². The molecule has 1 N–H and O–H groups in total. The molecule has 206 valence electrons. The molecule has 3 aliphatic rings. The average molecular weight is 510 g/mol. The third-order valence-electron chi connectivity index (χ3n) is 7.96. The number of carbonyl (C=O) groups excluding carboxylic acids is 2. The van der Waals surface area contributed by atoms with Crippen molar-refractivity contribution >= 4 is 12.0 Å². The summed E-state index contributed by atoms with van der Waals surface area (Å²) in [7, 11) is 7.35. The molecule has 1 saturated carbocycles. The van der Waals surface area contributed by atoms with Crippen molar-refractivity contribution in [2.75, 3.05) is 47.9 Å². The van der Waals surface area contributed by atoms with Gasteiger partial charge in [-0.1, -0.05) is 25.5 Å².